The molecule has 0 bridgehead atoms. The zero-order valence-corrected chi connectivity index (χ0v) is 33.0. The summed E-state index contributed by atoms with van der Waals surface area (Å²) in [4.78, 5) is 4.91. The summed E-state index contributed by atoms with van der Waals surface area (Å²) < 4.78 is 22.8. The SMILES string of the molecule is CN1C(C)(C)C[CH-]CC1(C)C.CN1CC[CH-]CC1(C)C.C[C-](C)C1OCC2(CO1)COC([C-](C)C)OC2.[Y].[Y]. The summed E-state index contributed by atoms with van der Waals surface area (Å²) in [6, 6.07) is 0. The van der Waals surface area contributed by atoms with Crippen LogP contribution in [0.5, 0.6) is 0 Å². The van der Waals surface area contributed by atoms with Crippen LogP contribution in [-0.2, 0) is 84.4 Å². The van der Waals surface area contributed by atoms with E-state index < -0.39 is 0 Å². The molecule has 4 aliphatic heterocycles. The Bertz CT molecular complexity index is 626. The molecule has 0 aromatic rings. The van der Waals surface area contributed by atoms with Crippen LogP contribution in [0.15, 0.2) is 0 Å². The number of nitrogens with zero attached hydrogens (tertiary/aromatic N) is 2. The molecule has 0 unspecified atom stereocenters. The topological polar surface area (TPSA) is 43.4 Å². The minimum atomic E-state index is -0.169. The first kappa shape index (κ1) is 41.0. The monoisotopic (exact) mass is 700 g/mol. The molecule has 0 N–H and O–H groups in total. The number of hydrogen-bond acceptors (Lipinski definition) is 6. The zero-order chi connectivity index (χ0) is 28.1. The van der Waals surface area contributed by atoms with E-state index in [1.807, 2.05) is 27.7 Å². The Morgan fingerprint density at radius 2 is 0.974 bits per heavy atom. The molecule has 4 fully saturated rings. The van der Waals surface area contributed by atoms with Gasteiger partial charge in [-0.25, -0.2) is 0 Å². The Morgan fingerprint density at radius 1 is 0.615 bits per heavy atom. The first-order chi connectivity index (χ1) is 17.0. The van der Waals surface area contributed by atoms with E-state index >= 15 is 0 Å². The smallest absolute Gasteiger partial charge is 0.0637 e. The van der Waals surface area contributed by atoms with Crippen LogP contribution in [-0.4, -0.2) is 86.1 Å². The fourth-order valence-corrected chi connectivity index (χ4v) is 5.09. The van der Waals surface area contributed by atoms with Crippen molar-refractivity contribution in [3.05, 3.63) is 24.7 Å². The van der Waals surface area contributed by atoms with Gasteiger partial charge < -0.3 is 41.6 Å². The third-order valence-electron chi connectivity index (χ3n) is 8.56. The molecule has 4 heterocycles. The van der Waals surface area contributed by atoms with E-state index in [-0.39, 0.29) is 83.4 Å². The molecule has 0 saturated carbocycles. The Labute approximate surface area is 292 Å². The Kier molecular flexibility index (Phi) is 18.3. The summed E-state index contributed by atoms with van der Waals surface area (Å²) in [5.41, 5.74) is 0.986. The quantitative estimate of drug-likeness (QED) is 0.324. The maximum Gasteiger partial charge on any atom is 0.0637 e. The molecule has 0 aromatic heterocycles. The average molecular weight is 701 g/mol. The van der Waals surface area contributed by atoms with Crippen LogP contribution in [0.4, 0.5) is 0 Å². The molecule has 4 rings (SSSR count). The van der Waals surface area contributed by atoms with Crippen molar-refractivity contribution in [2.24, 2.45) is 5.41 Å². The van der Waals surface area contributed by atoms with Crippen molar-refractivity contribution >= 4 is 0 Å². The van der Waals surface area contributed by atoms with E-state index in [2.05, 4.69) is 78.3 Å². The van der Waals surface area contributed by atoms with Crippen LogP contribution >= 0.6 is 0 Å². The number of hydrogen-bond donors (Lipinski definition) is 0. The zero-order valence-electron chi connectivity index (χ0n) is 27.4. The first-order valence-electron chi connectivity index (χ1n) is 14.2. The van der Waals surface area contributed by atoms with Gasteiger partial charge in [-0.2, -0.15) is 53.4 Å². The maximum absolute atomic E-state index is 5.70. The largest absolute Gasteiger partial charge is 0.382 e. The van der Waals surface area contributed by atoms with E-state index in [0.29, 0.717) is 43.0 Å². The van der Waals surface area contributed by atoms with Crippen molar-refractivity contribution in [3.8, 4) is 0 Å². The predicted molar refractivity (Wildman–Crippen MR) is 153 cm³/mol. The van der Waals surface area contributed by atoms with Crippen molar-refractivity contribution in [1.29, 1.82) is 0 Å². The van der Waals surface area contributed by atoms with Gasteiger partial charge in [0.05, 0.1) is 31.8 Å². The minimum Gasteiger partial charge on any atom is -0.382 e. The molecule has 226 valence electrons. The fraction of sp³-hybridized carbons (Fsp3) is 0.871. The molecule has 1 spiro atoms. The van der Waals surface area contributed by atoms with Crippen LogP contribution in [0.2, 0.25) is 0 Å². The molecule has 0 amide bonds. The standard InChI is InChI=1S/C13H22O4.C10H20N.C8H16N.2Y/c1-9(2)11-14-5-13(6-15-11)7-16-12(10(3)4)17-8-13;1-9(2)7-6-8-10(3,4)11(9)5;1-8(2)6-4-5-7-9(8)3;;/h11-12H,5-8H2,1-4H3;6H,7-8H2,1-5H3;4H,5-7H2,1-3H3;;/q-2;2*-1;;. The first-order valence-corrected chi connectivity index (χ1v) is 14.2. The van der Waals surface area contributed by atoms with Crippen LogP contribution in [0.3, 0.4) is 0 Å². The van der Waals surface area contributed by atoms with Gasteiger partial charge in [0.25, 0.3) is 0 Å². The predicted octanol–water partition coefficient (Wildman–Crippen LogP) is 6.11. The molecule has 6 nitrogen and oxygen atoms in total. The second kappa shape index (κ2) is 17.5. The molecular formula is C31H58N2O4Y2-4. The van der Waals surface area contributed by atoms with Crippen molar-refractivity contribution in [2.45, 2.75) is 124 Å². The van der Waals surface area contributed by atoms with Crippen molar-refractivity contribution < 1.29 is 84.4 Å². The molecule has 0 atom stereocenters. The summed E-state index contributed by atoms with van der Waals surface area (Å²) in [5.74, 6) is 2.29. The molecule has 39 heavy (non-hydrogen) atoms. The van der Waals surface area contributed by atoms with Gasteiger partial charge in [0.15, 0.2) is 0 Å². The summed E-state index contributed by atoms with van der Waals surface area (Å²) >= 11 is 0. The Morgan fingerprint density at radius 3 is 1.23 bits per heavy atom. The molecule has 4 aliphatic rings. The van der Waals surface area contributed by atoms with E-state index in [4.69, 9.17) is 18.9 Å². The molecule has 0 aliphatic carbocycles. The summed E-state index contributed by atoms with van der Waals surface area (Å²) in [7, 11) is 4.43. The van der Waals surface area contributed by atoms with Crippen molar-refractivity contribution in [3.63, 3.8) is 0 Å². The van der Waals surface area contributed by atoms with Gasteiger partial charge in [-0.3, -0.25) is 11.8 Å². The van der Waals surface area contributed by atoms with Crippen molar-refractivity contribution in [2.75, 3.05) is 47.1 Å². The molecule has 4 saturated heterocycles. The number of ether oxygens (including phenoxy) is 4. The van der Waals surface area contributed by atoms with E-state index in [9.17, 15) is 0 Å². The minimum absolute atomic E-state index is 0. The third kappa shape index (κ3) is 12.5. The van der Waals surface area contributed by atoms with E-state index in [1.165, 1.54) is 32.2 Å². The van der Waals surface area contributed by atoms with E-state index in [1.54, 1.807) is 0 Å². The number of likely N-dealkylation sites (tertiary alicyclic amines) is 2. The van der Waals surface area contributed by atoms with Gasteiger partial charge in [-0.05, 0) is 78.8 Å². The normalized spacial score (nSPS) is 32.2. The third-order valence-corrected chi connectivity index (χ3v) is 8.56. The number of piperidine rings is 2. The van der Waals surface area contributed by atoms with Gasteiger partial charge >= 0.3 is 0 Å². The summed E-state index contributed by atoms with van der Waals surface area (Å²) in [6.45, 7) is 25.7. The number of rotatable bonds is 2. The Balaban J connectivity index is 0.000000574. The van der Waals surface area contributed by atoms with Crippen LogP contribution in [0, 0.1) is 30.1 Å². The average Bonchev–Trinajstić information content (AvgIpc) is 2.81. The molecule has 0 aromatic carbocycles. The molecule has 2 radical (unpaired) electrons. The Hall–Kier alpha value is 1.97. The summed E-state index contributed by atoms with van der Waals surface area (Å²) in [5, 5.41) is 0. The van der Waals surface area contributed by atoms with Gasteiger partial charge in [0, 0.05) is 78.0 Å². The van der Waals surface area contributed by atoms with Gasteiger partial charge in [-0.15, -0.1) is 0 Å². The van der Waals surface area contributed by atoms with Crippen LogP contribution in [0.1, 0.15) is 94.9 Å². The van der Waals surface area contributed by atoms with Gasteiger partial charge in [-0.1, -0.05) is 0 Å². The van der Waals surface area contributed by atoms with Crippen LogP contribution in [0.25, 0.3) is 0 Å². The van der Waals surface area contributed by atoms with Crippen LogP contribution < -0.4 is 0 Å². The molecular weight excluding hydrogens is 642 g/mol. The van der Waals surface area contributed by atoms with Gasteiger partial charge in [0.2, 0.25) is 0 Å². The van der Waals surface area contributed by atoms with Crippen molar-refractivity contribution in [1.82, 2.24) is 9.80 Å². The molecule has 8 heteroatoms. The van der Waals surface area contributed by atoms with E-state index in [0.717, 1.165) is 11.8 Å². The fourth-order valence-electron chi connectivity index (χ4n) is 5.09. The summed E-state index contributed by atoms with van der Waals surface area (Å²) in [6.07, 6.45) is 9.40. The maximum atomic E-state index is 5.70. The second-order valence-electron chi connectivity index (χ2n) is 14.0. The van der Waals surface area contributed by atoms with Gasteiger partial charge in [0.1, 0.15) is 0 Å². The second-order valence-corrected chi connectivity index (χ2v) is 14.0.